The van der Waals surface area contributed by atoms with Crippen molar-refractivity contribution in [3.8, 4) is 17.0 Å². The van der Waals surface area contributed by atoms with Gasteiger partial charge in [-0.3, -0.25) is 9.78 Å². The van der Waals surface area contributed by atoms with Gasteiger partial charge in [0.05, 0.1) is 25.5 Å². The van der Waals surface area contributed by atoms with Crippen LogP contribution in [0, 0.1) is 4.77 Å². The minimum Gasteiger partial charge on any atom is -0.496 e. The third-order valence-electron chi connectivity index (χ3n) is 3.14. The molecule has 0 unspecified atom stereocenters. The zero-order chi connectivity index (χ0) is 16.3. The van der Waals surface area contributed by atoms with E-state index in [1.54, 1.807) is 22.8 Å². The molecule has 0 saturated carbocycles. The number of ether oxygens (including phenoxy) is 1. The Labute approximate surface area is 137 Å². The molecular weight excluding hydrogens is 326 g/mol. The van der Waals surface area contributed by atoms with Gasteiger partial charge in [-0.25, -0.2) is 0 Å². The fourth-order valence-corrected chi connectivity index (χ4v) is 2.54. The third kappa shape index (κ3) is 3.56. The molecule has 2 rings (SSSR count). The molecule has 1 atom stereocenters. The molecule has 22 heavy (non-hydrogen) atoms. The molecule has 1 heterocycles. The van der Waals surface area contributed by atoms with Crippen LogP contribution in [0.2, 0.25) is 5.02 Å². The number of H-pyrrole nitrogens is 1. The van der Waals surface area contributed by atoms with Crippen molar-refractivity contribution < 1.29 is 9.84 Å². The van der Waals surface area contributed by atoms with Crippen molar-refractivity contribution >= 4 is 23.8 Å². The molecule has 0 aliphatic heterocycles. The van der Waals surface area contributed by atoms with E-state index < -0.39 is 6.10 Å². The van der Waals surface area contributed by atoms with E-state index in [1.807, 2.05) is 0 Å². The third-order valence-corrected chi connectivity index (χ3v) is 3.69. The quantitative estimate of drug-likeness (QED) is 0.717. The number of aliphatic hydroxyl groups is 1. The maximum atomic E-state index is 11.8. The number of aromatic amines is 1. The number of nitrogens with one attached hydrogen (secondary N) is 1. The van der Waals surface area contributed by atoms with Gasteiger partial charge in [-0.05, 0) is 30.4 Å². The Morgan fingerprint density at radius 2 is 2.23 bits per heavy atom. The molecule has 0 fully saturated rings. The lowest BCUT2D eigenvalue weighted by Gasteiger charge is -2.18. The SMILES string of the molecule is COc1ccc(Cl)cc1-c1cc(=O)[nH]c(=S)n1C[C@@H](O)CN. The van der Waals surface area contributed by atoms with E-state index in [4.69, 9.17) is 34.3 Å². The number of nitrogens with zero attached hydrogens (tertiary/aromatic N) is 1. The van der Waals surface area contributed by atoms with Crippen LogP contribution in [0.3, 0.4) is 0 Å². The molecule has 0 aliphatic rings. The Morgan fingerprint density at radius 1 is 1.50 bits per heavy atom. The van der Waals surface area contributed by atoms with E-state index >= 15 is 0 Å². The van der Waals surface area contributed by atoms with E-state index in [0.717, 1.165) is 0 Å². The maximum absolute atomic E-state index is 11.8. The first-order valence-corrected chi connectivity index (χ1v) is 7.31. The lowest BCUT2D eigenvalue weighted by molar-refractivity contribution is 0.161. The zero-order valence-electron chi connectivity index (χ0n) is 11.9. The van der Waals surface area contributed by atoms with Gasteiger partial charge in [0.2, 0.25) is 0 Å². The summed E-state index contributed by atoms with van der Waals surface area (Å²) in [5.74, 6) is 0.542. The van der Waals surface area contributed by atoms with Gasteiger partial charge < -0.3 is 20.1 Å². The van der Waals surface area contributed by atoms with Gasteiger partial charge in [-0.2, -0.15) is 0 Å². The smallest absolute Gasteiger partial charge is 0.252 e. The van der Waals surface area contributed by atoms with Crippen molar-refractivity contribution in [2.75, 3.05) is 13.7 Å². The highest BCUT2D eigenvalue weighted by molar-refractivity contribution is 7.71. The highest BCUT2D eigenvalue weighted by Crippen LogP contribution is 2.32. The lowest BCUT2D eigenvalue weighted by Crippen LogP contribution is -2.27. The Morgan fingerprint density at radius 3 is 2.86 bits per heavy atom. The number of halogens is 1. The van der Waals surface area contributed by atoms with Gasteiger partial charge in [-0.15, -0.1) is 0 Å². The molecule has 0 amide bonds. The summed E-state index contributed by atoms with van der Waals surface area (Å²) >= 11 is 11.2. The van der Waals surface area contributed by atoms with Crippen molar-refractivity contribution in [3.05, 3.63) is 44.4 Å². The van der Waals surface area contributed by atoms with Crippen molar-refractivity contribution in [2.24, 2.45) is 5.73 Å². The van der Waals surface area contributed by atoms with Crippen LogP contribution in [0.25, 0.3) is 11.3 Å². The van der Waals surface area contributed by atoms with E-state index in [-0.39, 0.29) is 23.4 Å². The van der Waals surface area contributed by atoms with Crippen LogP contribution < -0.4 is 16.0 Å². The first kappa shape index (κ1) is 16.7. The number of rotatable bonds is 5. The van der Waals surface area contributed by atoms with Crippen LogP contribution in [0.4, 0.5) is 0 Å². The van der Waals surface area contributed by atoms with Gasteiger partial charge >= 0.3 is 0 Å². The van der Waals surface area contributed by atoms with Crippen LogP contribution in [0.5, 0.6) is 5.75 Å². The second-order valence-corrected chi connectivity index (χ2v) is 5.49. The van der Waals surface area contributed by atoms with Gasteiger partial charge in [0.15, 0.2) is 4.77 Å². The summed E-state index contributed by atoms with van der Waals surface area (Å²) in [7, 11) is 1.52. The number of aromatic nitrogens is 2. The van der Waals surface area contributed by atoms with Crippen molar-refractivity contribution in [3.63, 3.8) is 0 Å². The average Bonchev–Trinajstić information content (AvgIpc) is 2.49. The monoisotopic (exact) mass is 341 g/mol. The zero-order valence-corrected chi connectivity index (χ0v) is 13.4. The number of hydrogen-bond donors (Lipinski definition) is 3. The predicted molar refractivity (Wildman–Crippen MR) is 87.9 cm³/mol. The molecule has 118 valence electrons. The van der Waals surface area contributed by atoms with Crippen LogP contribution in [0.15, 0.2) is 29.1 Å². The van der Waals surface area contributed by atoms with Crippen LogP contribution in [-0.2, 0) is 6.54 Å². The molecule has 0 aliphatic carbocycles. The molecule has 0 bridgehead atoms. The molecule has 6 nitrogen and oxygen atoms in total. The lowest BCUT2D eigenvalue weighted by atomic mass is 10.1. The number of benzene rings is 1. The van der Waals surface area contributed by atoms with E-state index in [0.29, 0.717) is 22.0 Å². The molecular formula is C14H16ClN3O3S. The minimum absolute atomic E-state index is 0.0764. The second-order valence-electron chi connectivity index (χ2n) is 4.67. The Balaban J connectivity index is 2.71. The minimum atomic E-state index is -0.790. The summed E-state index contributed by atoms with van der Waals surface area (Å²) in [6.45, 7) is 0.226. The molecule has 1 aromatic heterocycles. The number of nitrogens with two attached hydrogens (primary N) is 1. The maximum Gasteiger partial charge on any atom is 0.252 e. The van der Waals surface area contributed by atoms with Crippen molar-refractivity contribution in [1.82, 2.24) is 9.55 Å². The number of methoxy groups -OCH3 is 1. The second kappa shape index (κ2) is 7.06. The molecule has 0 radical (unpaired) electrons. The average molecular weight is 342 g/mol. The summed E-state index contributed by atoms with van der Waals surface area (Å²) in [5.41, 5.74) is 6.22. The summed E-state index contributed by atoms with van der Waals surface area (Å²) in [4.78, 5) is 14.3. The normalized spacial score (nSPS) is 12.2. The first-order valence-electron chi connectivity index (χ1n) is 6.52. The molecule has 0 saturated heterocycles. The Kier molecular flexibility index (Phi) is 5.36. The molecule has 0 spiro atoms. The van der Waals surface area contributed by atoms with Crippen molar-refractivity contribution in [2.45, 2.75) is 12.6 Å². The first-order chi connectivity index (χ1) is 10.5. The van der Waals surface area contributed by atoms with Gasteiger partial charge in [0, 0.05) is 23.2 Å². The number of aliphatic hydroxyl groups excluding tert-OH is 1. The number of hydrogen-bond acceptors (Lipinski definition) is 5. The summed E-state index contributed by atoms with van der Waals surface area (Å²) in [6, 6.07) is 6.44. The van der Waals surface area contributed by atoms with E-state index in [2.05, 4.69) is 4.98 Å². The van der Waals surface area contributed by atoms with Gasteiger partial charge in [0.1, 0.15) is 5.75 Å². The topological polar surface area (TPSA) is 93.3 Å². The van der Waals surface area contributed by atoms with Crippen LogP contribution >= 0.6 is 23.8 Å². The van der Waals surface area contributed by atoms with Crippen LogP contribution in [0.1, 0.15) is 0 Å². The van der Waals surface area contributed by atoms with Gasteiger partial charge in [-0.1, -0.05) is 11.6 Å². The molecule has 8 heteroatoms. The Hall–Kier alpha value is -1.67. The fraction of sp³-hybridized carbons (Fsp3) is 0.286. The molecule has 1 aromatic carbocycles. The molecule has 2 aromatic rings. The van der Waals surface area contributed by atoms with Crippen LogP contribution in [-0.4, -0.2) is 34.4 Å². The summed E-state index contributed by atoms with van der Waals surface area (Å²) in [6.07, 6.45) is -0.790. The van der Waals surface area contributed by atoms with E-state index in [9.17, 15) is 9.90 Å². The van der Waals surface area contributed by atoms with Crippen molar-refractivity contribution in [1.29, 1.82) is 0 Å². The summed E-state index contributed by atoms with van der Waals surface area (Å²) < 4.78 is 7.11. The van der Waals surface area contributed by atoms with Gasteiger partial charge in [0.25, 0.3) is 5.56 Å². The highest BCUT2D eigenvalue weighted by atomic mass is 35.5. The Bertz CT molecular complexity index is 788. The largest absolute Gasteiger partial charge is 0.496 e. The standard InChI is InChI=1S/C14H16ClN3O3S/c1-21-12-3-2-8(15)4-10(12)11-5-13(20)17-14(22)18(11)7-9(19)6-16/h2-5,9,19H,6-7,16H2,1H3,(H,17,20,22)/t9-/m0/s1. The van der Waals surface area contributed by atoms with E-state index in [1.165, 1.54) is 13.2 Å². The summed E-state index contributed by atoms with van der Waals surface area (Å²) in [5, 5.41) is 10.3. The predicted octanol–water partition coefficient (Wildman–Crippen LogP) is 1.55. The highest BCUT2D eigenvalue weighted by Gasteiger charge is 2.14. The fourth-order valence-electron chi connectivity index (χ4n) is 2.09. The molecule has 4 N–H and O–H groups in total.